The fraction of sp³-hybridized carbons (Fsp3) is 0.457. The molecule has 4 fully saturated rings. The molecule has 0 amide bonds. The molecule has 0 spiro atoms. The van der Waals surface area contributed by atoms with Crippen LogP contribution in [0.25, 0.3) is 0 Å². The van der Waals surface area contributed by atoms with Gasteiger partial charge in [0, 0.05) is 35.6 Å². The molecule has 4 aliphatic rings. The molecule has 44 heavy (non-hydrogen) atoms. The Hall–Kier alpha value is -3.72. The van der Waals surface area contributed by atoms with Gasteiger partial charge in [0.1, 0.15) is 22.4 Å². The van der Waals surface area contributed by atoms with Crippen LogP contribution in [0.1, 0.15) is 38.5 Å². The molecule has 4 aliphatic carbocycles. The zero-order valence-corrected chi connectivity index (χ0v) is 27.2. The van der Waals surface area contributed by atoms with Crippen molar-refractivity contribution >= 4 is 16.9 Å². The largest absolute Gasteiger partial charge is 0.550 e. The lowest BCUT2D eigenvalue weighted by Gasteiger charge is -2.57. The summed E-state index contributed by atoms with van der Waals surface area (Å²) in [5, 5.41) is 11.1. The standard InChI is InChI=1S/C24H27O6S.C11H16O2/c1-25-16-12-19(27-3)23(20(13-16)28-4)31(18-10-8-7-9-11-18)24-21(29-5)14-17(26-2)15-22(24)30-6;12-10(13)11-4-7-1-8(5-11)3-9(2-7)6-11/h7-15H,1-6H3;7-9H,1-6H2,(H,12,13)/q+1;/p-1. The van der Waals surface area contributed by atoms with E-state index in [0.717, 1.165) is 33.9 Å². The van der Waals surface area contributed by atoms with Gasteiger partial charge in [-0.2, -0.15) is 0 Å². The molecule has 0 N–H and O–H groups in total. The van der Waals surface area contributed by atoms with E-state index < -0.39 is 22.3 Å². The minimum absolute atomic E-state index is 0.394. The quantitative estimate of drug-likeness (QED) is 0.263. The van der Waals surface area contributed by atoms with Crippen molar-refractivity contribution in [1.82, 2.24) is 0 Å². The molecule has 3 aromatic carbocycles. The molecule has 0 aliphatic heterocycles. The first-order chi connectivity index (χ1) is 21.3. The summed E-state index contributed by atoms with van der Waals surface area (Å²) in [6, 6.07) is 17.5. The third-order valence-electron chi connectivity index (χ3n) is 9.20. The third kappa shape index (κ3) is 6.11. The molecule has 7 rings (SSSR count). The molecule has 0 saturated heterocycles. The van der Waals surface area contributed by atoms with Crippen molar-refractivity contribution in [2.24, 2.45) is 23.2 Å². The van der Waals surface area contributed by atoms with Gasteiger partial charge in [0.2, 0.25) is 9.79 Å². The van der Waals surface area contributed by atoms with E-state index in [9.17, 15) is 9.90 Å². The normalized spacial score (nSPS) is 22.9. The van der Waals surface area contributed by atoms with Crippen LogP contribution in [0.3, 0.4) is 0 Å². The Labute approximate surface area is 262 Å². The van der Waals surface area contributed by atoms with Gasteiger partial charge in [0.15, 0.2) is 27.9 Å². The Kier molecular flexibility index (Phi) is 9.73. The lowest BCUT2D eigenvalue weighted by molar-refractivity contribution is -0.327. The van der Waals surface area contributed by atoms with E-state index in [0.29, 0.717) is 52.3 Å². The number of carboxylic acid groups (broad SMARTS) is 1. The van der Waals surface area contributed by atoms with Crippen LogP contribution >= 0.6 is 0 Å². The average molecular weight is 623 g/mol. The van der Waals surface area contributed by atoms with E-state index >= 15 is 0 Å². The number of hydrogen-bond acceptors (Lipinski definition) is 8. The molecular weight excluding hydrogens is 580 g/mol. The Balaban J connectivity index is 0.000000242. The molecule has 0 radical (unpaired) electrons. The van der Waals surface area contributed by atoms with Gasteiger partial charge in [0.25, 0.3) is 0 Å². The van der Waals surface area contributed by atoms with Gasteiger partial charge in [0.05, 0.1) is 42.7 Å². The monoisotopic (exact) mass is 622 g/mol. The highest BCUT2D eigenvalue weighted by atomic mass is 32.2. The predicted molar refractivity (Wildman–Crippen MR) is 166 cm³/mol. The van der Waals surface area contributed by atoms with Gasteiger partial charge in [-0.05, 0) is 68.4 Å². The van der Waals surface area contributed by atoms with Crippen molar-refractivity contribution in [3.63, 3.8) is 0 Å². The number of benzene rings is 3. The maximum atomic E-state index is 11.1. The second-order valence-electron chi connectivity index (χ2n) is 11.8. The molecule has 0 atom stereocenters. The van der Waals surface area contributed by atoms with Gasteiger partial charge in [-0.25, -0.2) is 0 Å². The van der Waals surface area contributed by atoms with Crippen LogP contribution in [-0.4, -0.2) is 48.6 Å². The van der Waals surface area contributed by atoms with Crippen LogP contribution in [0.15, 0.2) is 69.3 Å². The second-order valence-corrected chi connectivity index (χ2v) is 13.7. The topological polar surface area (TPSA) is 95.5 Å². The first-order valence-electron chi connectivity index (χ1n) is 14.9. The van der Waals surface area contributed by atoms with E-state index in [2.05, 4.69) is 12.1 Å². The molecular formula is C35H42O8S. The summed E-state index contributed by atoms with van der Waals surface area (Å²) >= 11 is 0. The highest BCUT2D eigenvalue weighted by molar-refractivity contribution is 7.97. The molecule has 236 valence electrons. The fourth-order valence-electron chi connectivity index (χ4n) is 7.60. The summed E-state index contributed by atoms with van der Waals surface area (Å²) in [6.45, 7) is 0. The number of methoxy groups -OCH3 is 6. The van der Waals surface area contributed by atoms with Crippen LogP contribution < -0.4 is 33.5 Å². The number of carboxylic acids is 1. The first kappa shape index (κ1) is 31.7. The summed E-state index contributed by atoms with van der Waals surface area (Å²) in [5.74, 6) is 5.23. The molecule has 0 heterocycles. The van der Waals surface area contributed by atoms with Crippen LogP contribution in [0, 0.1) is 23.2 Å². The second kappa shape index (κ2) is 13.5. The highest BCUT2D eigenvalue weighted by Gasteiger charge is 2.51. The Morgan fingerprint density at radius 1 is 0.636 bits per heavy atom. The summed E-state index contributed by atoms with van der Waals surface area (Å²) in [7, 11) is 9.06. The number of carbonyl (C=O) groups is 1. The van der Waals surface area contributed by atoms with Gasteiger partial charge in [-0.15, -0.1) is 0 Å². The molecule has 4 bridgehead atoms. The molecule has 0 unspecified atom stereocenters. The summed E-state index contributed by atoms with van der Waals surface area (Å²) in [6.07, 6.45) is 6.65. The van der Waals surface area contributed by atoms with E-state index in [1.54, 1.807) is 42.7 Å². The lowest BCUT2D eigenvalue weighted by atomic mass is 9.49. The average Bonchev–Trinajstić information content (AvgIpc) is 3.04. The van der Waals surface area contributed by atoms with Crippen LogP contribution in [0.5, 0.6) is 34.5 Å². The van der Waals surface area contributed by atoms with E-state index in [1.807, 2.05) is 42.5 Å². The molecule has 8 nitrogen and oxygen atoms in total. The lowest BCUT2D eigenvalue weighted by Crippen LogP contribution is -2.54. The van der Waals surface area contributed by atoms with Crippen molar-refractivity contribution < 1.29 is 38.3 Å². The van der Waals surface area contributed by atoms with Crippen LogP contribution in [-0.2, 0) is 15.7 Å². The van der Waals surface area contributed by atoms with Crippen molar-refractivity contribution in [2.45, 2.75) is 53.2 Å². The van der Waals surface area contributed by atoms with E-state index in [-0.39, 0.29) is 0 Å². The van der Waals surface area contributed by atoms with Crippen molar-refractivity contribution in [2.75, 3.05) is 42.7 Å². The minimum atomic E-state index is -0.758. The number of aliphatic carboxylic acids is 1. The summed E-state index contributed by atoms with van der Waals surface area (Å²) in [4.78, 5) is 13.9. The SMILES string of the molecule is COc1cc(OC)c([S+](c2ccccc2)c2c(OC)cc(OC)cc2OC)c(OC)c1.O=C([O-])C12CC3CC(CC(C3)C1)C2. The maximum Gasteiger partial charge on any atom is 0.250 e. The number of ether oxygens (including phenoxy) is 6. The highest BCUT2D eigenvalue weighted by Crippen LogP contribution is 2.59. The van der Waals surface area contributed by atoms with Gasteiger partial charge >= 0.3 is 0 Å². The third-order valence-corrected chi connectivity index (χ3v) is 11.6. The molecule has 3 aromatic rings. The first-order valence-corrected chi connectivity index (χ1v) is 16.1. The van der Waals surface area contributed by atoms with E-state index in [1.165, 1.54) is 19.3 Å². The van der Waals surface area contributed by atoms with Crippen molar-refractivity contribution in [3.8, 4) is 34.5 Å². The molecule has 9 heteroatoms. The molecule has 0 aromatic heterocycles. The van der Waals surface area contributed by atoms with Gasteiger partial charge in [-0.1, -0.05) is 18.2 Å². The van der Waals surface area contributed by atoms with Gasteiger partial charge < -0.3 is 38.3 Å². The molecule has 4 saturated carbocycles. The summed E-state index contributed by atoms with van der Waals surface area (Å²) < 4.78 is 34.0. The fourth-order valence-corrected chi connectivity index (χ4v) is 10.1. The number of rotatable bonds is 10. The zero-order valence-electron chi connectivity index (χ0n) is 26.3. The predicted octanol–water partition coefficient (Wildman–Crippen LogP) is 5.79. The smallest absolute Gasteiger partial charge is 0.250 e. The maximum absolute atomic E-state index is 11.1. The number of hydrogen-bond donors (Lipinski definition) is 0. The zero-order chi connectivity index (χ0) is 31.4. The Morgan fingerprint density at radius 3 is 1.30 bits per heavy atom. The minimum Gasteiger partial charge on any atom is -0.550 e. The Morgan fingerprint density at radius 2 is 1.00 bits per heavy atom. The van der Waals surface area contributed by atoms with Crippen molar-refractivity contribution in [3.05, 3.63) is 54.6 Å². The van der Waals surface area contributed by atoms with Gasteiger partial charge in [-0.3, -0.25) is 0 Å². The Bertz CT molecular complexity index is 1310. The summed E-state index contributed by atoms with van der Waals surface area (Å²) in [5.41, 5.74) is -0.394. The van der Waals surface area contributed by atoms with E-state index in [4.69, 9.17) is 28.4 Å². The number of carbonyl (C=O) groups excluding carboxylic acids is 1. The van der Waals surface area contributed by atoms with Crippen molar-refractivity contribution in [1.29, 1.82) is 0 Å². The van der Waals surface area contributed by atoms with Crippen LogP contribution in [0.4, 0.5) is 0 Å². The van der Waals surface area contributed by atoms with Crippen LogP contribution in [0.2, 0.25) is 0 Å².